The van der Waals surface area contributed by atoms with Gasteiger partial charge in [0.25, 0.3) is 10.0 Å². The van der Waals surface area contributed by atoms with Crippen LogP contribution in [-0.2, 0) is 10.0 Å². The molecule has 0 fully saturated rings. The largest absolute Gasteiger partial charge is 0.450 e. The number of aryl methyl sites for hydroxylation is 2. The zero-order valence-electron chi connectivity index (χ0n) is 17.1. The van der Waals surface area contributed by atoms with Crippen molar-refractivity contribution in [3.05, 3.63) is 87.5 Å². The van der Waals surface area contributed by atoms with E-state index in [0.29, 0.717) is 11.3 Å². The third-order valence-electron chi connectivity index (χ3n) is 4.55. The molecule has 1 N–H and O–H groups in total. The number of ketones is 1. The fourth-order valence-corrected chi connectivity index (χ4v) is 4.06. The van der Waals surface area contributed by atoms with Crippen molar-refractivity contribution in [2.45, 2.75) is 25.7 Å². The van der Waals surface area contributed by atoms with Crippen LogP contribution < -0.4 is 9.46 Å². The van der Waals surface area contributed by atoms with Gasteiger partial charge in [-0.3, -0.25) is 19.6 Å². The van der Waals surface area contributed by atoms with E-state index in [0.717, 1.165) is 17.2 Å². The van der Waals surface area contributed by atoms with Crippen molar-refractivity contribution in [2.75, 3.05) is 4.72 Å². The highest BCUT2D eigenvalue weighted by atomic mass is 32.2. The van der Waals surface area contributed by atoms with Crippen molar-refractivity contribution in [3.63, 3.8) is 0 Å². The molecule has 3 rings (SSSR count). The number of sulfonamides is 1. The van der Waals surface area contributed by atoms with E-state index >= 15 is 0 Å². The zero-order valence-corrected chi connectivity index (χ0v) is 17.9. The minimum Gasteiger partial charge on any atom is -0.450 e. The number of nitrogens with one attached hydrogen (secondary N) is 1. The van der Waals surface area contributed by atoms with Gasteiger partial charge in [0, 0.05) is 11.6 Å². The summed E-state index contributed by atoms with van der Waals surface area (Å²) in [7, 11) is -4.06. The van der Waals surface area contributed by atoms with Crippen LogP contribution in [-0.4, -0.2) is 19.1 Å². The van der Waals surface area contributed by atoms with E-state index in [-0.39, 0.29) is 22.2 Å². The number of nitrogens with zero attached hydrogens (tertiary/aromatic N) is 1. The molecule has 31 heavy (non-hydrogen) atoms. The fraction of sp³-hybridized carbons (Fsp3) is 0.136. The number of Topliss-reactive ketones (excluding diaryl/α,β-unsaturated/α-hetero) is 1. The van der Waals surface area contributed by atoms with Gasteiger partial charge in [-0.25, -0.2) is 8.42 Å². The van der Waals surface area contributed by atoms with Crippen molar-refractivity contribution in [2.24, 2.45) is 0 Å². The number of nitro benzene ring substituents is 1. The second kappa shape index (κ2) is 8.57. The van der Waals surface area contributed by atoms with E-state index in [2.05, 4.69) is 4.72 Å². The lowest BCUT2D eigenvalue weighted by Gasteiger charge is -2.12. The van der Waals surface area contributed by atoms with Crippen molar-refractivity contribution < 1.29 is 22.9 Å². The summed E-state index contributed by atoms with van der Waals surface area (Å²) in [6.45, 7) is 5.08. The van der Waals surface area contributed by atoms with Crippen molar-refractivity contribution in [1.29, 1.82) is 0 Å². The summed E-state index contributed by atoms with van der Waals surface area (Å²) < 4.78 is 33.6. The number of anilines is 1. The molecule has 3 aromatic carbocycles. The molecule has 0 heterocycles. The Labute approximate surface area is 179 Å². The van der Waals surface area contributed by atoms with Crippen LogP contribution in [0.15, 0.2) is 65.6 Å². The summed E-state index contributed by atoms with van der Waals surface area (Å²) in [4.78, 5) is 21.9. The van der Waals surface area contributed by atoms with E-state index in [9.17, 15) is 23.3 Å². The predicted octanol–water partition coefficient (Wildman–Crippen LogP) is 5.01. The molecule has 0 saturated heterocycles. The normalized spacial score (nSPS) is 11.1. The first-order chi connectivity index (χ1) is 14.6. The monoisotopic (exact) mass is 440 g/mol. The zero-order chi connectivity index (χ0) is 22.8. The number of ether oxygens (including phenoxy) is 1. The van der Waals surface area contributed by atoms with Crippen LogP contribution in [0, 0.1) is 24.0 Å². The van der Waals surface area contributed by atoms with Crippen LogP contribution in [0.25, 0.3) is 0 Å². The van der Waals surface area contributed by atoms with Crippen LogP contribution in [0.3, 0.4) is 0 Å². The predicted molar refractivity (Wildman–Crippen MR) is 116 cm³/mol. The summed E-state index contributed by atoms with van der Waals surface area (Å²) in [5.41, 5.74) is 2.07. The lowest BCUT2D eigenvalue weighted by Crippen LogP contribution is -2.14. The van der Waals surface area contributed by atoms with Gasteiger partial charge in [0.1, 0.15) is 5.75 Å². The molecule has 8 nitrogen and oxygen atoms in total. The van der Waals surface area contributed by atoms with Crippen LogP contribution in [0.4, 0.5) is 11.4 Å². The number of carbonyl (C=O) groups excluding carboxylic acids is 1. The standard InChI is InChI=1S/C22H20N2O6S/c1-14-4-10-20(15(2)12-14)23-31(28,29)19-9-11-22(21(13-19)24(26)27)30-18-7-5-17(6-8-18)16(3)25/h4-13,23H,1-3H3. The van der Waals surface area contributed by atoms with Crippen molar-refractivity contribution in [1.82, 2.24) is 0 Å². The van der Waals surface area contributed by atoms with Gasteiger partial charge in [0.15, 0.2) is 5.78 Å². The summed E-state index contributed by atoms with van der Waals surface area (Å²) in [6, 6.07) is 14.7. The average Bonchev–Trinajstić information content (AvgIpc) is 2.70. The first kappa shape index (κ1) is 22.0. The van der Waals surface area contributed by atoms with Gasteiger partial charge < -0.3 is 4.74 Å². The molecule has 3 aromatic rings. The molecule has 160 valence electrons. The highest BCUT2D eigenvalue weighted by molar-refractivity contribution is 7.92. The third kappa shape index (κ3) is 5.07. The minimum absolute atomic E-state index is 0.119. The topological polar surface area (TPSA) is 116 Å². The molecule has 0 radical (unpaired) electrons. The maximum Gasteiger partial charge on any atom is 0.312 e. The Morgan fingerprint density at radius 2 is 1.68 bits per heavy atom. The van der Waals surface area contributed by atoms with Gasteiger partial charge in [0.05, 0.1) is 15.5 Å². The number of nitro groups is 1. The minimum atomic E-state index is -4.06. The Balaban J connectivity index is 1.92. The number of carbonyl (C=O) groups is 1. The molecule has 0 atom stereocenters. The molecule has 0 aromatic heterocycles. The number of benzene rings is 3. The van der Waals surface area contributed by atoms with Crippen molar-refractivity contribution in [3.8, 4) is 11.5 Å². The molecule has 0 spiro atoms. The van der Waals surface area contributed by atoms with Gasteiger partial charge in [0.2, 0.25) is 5.75 Å². The number of hydrogen-bond donors (Lipinski definition) is 1. The highest BCUT2D eigenvalue weighted by Crippen LogP contribution is 2.34. The van der Waals surface area contributed by atoms with E-state index in [1.807, 2.05) is 13.0 Å². The highest BCUT2D eigenvalue weighted by Gasteiger charge is 2.23. The second-order valence-corrected chi connectivity index (χ2v) is 8.68. The maximum absolute atomic E-state index is 12.8. The Hall–Kier alpha value is -3.72. The summed E-state index contributed by atoms with van der Waals surface area (Å²) in [6.07, 6.45) is 0. The number of hydrogen-bond acceptors (Lipinski definition) is 6. The van der Waals surface area contributed by atoms with E-state index < -0.39 is 20.6 Å². The van der Waals surface area contributed by atoms with Crippen LogP contribution >= 0.6 is 0 Å². The SMILES string of the molecule is CC(=O)c1ccc(Oc2ccc(S(=O)(=O)Nc3ccc(C)cc3C)cc2[N+](=O)[O-])cc1. The first-order valence-electron chi connectivity index (χ1n) is 9.24. The average molecular weight is 440 g/mol. The fourth-order valence-electron chi connectivity index (χ4n) is 2.91. The van der Waals surface area contributed by atoms with Gasteiger partial charge in [-0.05, 0) is 68.8 Å². The molecule has 9 heteroatoms. The Kier molecular flexibility index (Phi) is 6.07. The lowest BCUT2D eigenvalue weighted by atomic mass is 10.1. The van der Waals surface area contributed by atoms with Crippen LogP contribution in [0.1, 0.15) is 28.4 Å². The van der Waals surface area contributed by atoms with Crippen molar-refractivity contribution >= 4 is 27.2 Å². The summed E-state index contributed by atoms with van der Waals surface area (Å²) >= 11 is 0. The van der Waals surface area contributed by atoms with Gasteiger partial charge in [-0.1, -0.05) is 17.7 Å². The van der Waals surface area contributed by atoms with Gasteiger partial charge in [-0.2, -0.15) is 0 Å². The molecule has 0 aliphatic rings. The molecule has 0 aliphatic heterocycles. The maximum atomic E-state index is 12.8. The molecule has 0 saturated carbocycles. The quantitative estimate of drug-likeness (QED) is 0.314. The van der Waals surface area contributed by atoms with Gasteiger partial charge >= 0.3 is 5.69 Å². The van der Waals surface area contributed by atoms with Crippen LogP contribution in [0.5, 0.6) is 11.5 Å². The molecule has 0 aliphatic carbocycles. The first-order valence-corrected chi connectivity index (χ1v) is 10.7. The van der Waals surface area contributed by atoms with E-state index in [1.54, 1.807) is 19.1 Å². The number of rotatable bonds is 7. The van der Waals surface area contributed by atoms with Crippen LogP contribution in [0.2, 0.25) is 0 Å². The summed E-state index contributed by atoms with van der Waals surface area (Å²) in [5.74, 6) is 0.0338. The van der Waals surface area contributed by atoms with E-state index in [4.69, 9.17) is 4.74 Å². The molecule has 0 bridgehead atoms. The molecular formula is C22H20N2O6S. The van der Waals surface area contributed by atoms with E-state index in [1.165, 1.54) is 43.3 Å². The Bertz CT molecular complexity index is 1270. The van der Waals surface area contributed by atoms with Gasteiger partial charge in [-0.15, -0.1) is 0 Å². The summed E-state index contributed by atoms with van der Waals surface area (Å²) in [5, 5.41) is 11.6. The molecule has 0 amide bonds. The third-order valence-corrected chi connectivity index (χ3v) is 5.92. The molecule has 0 unspecified atom stereocenters. The smallest absolute Gasteiger partial charge is 0.312 e. The lowest BCUT2D eigenvalue weighted by molar-refractivity contribution is -0.385. The Morgan fingerprint density at radius 1 is 1.00 bits per heavy atom. The Morgan fingerprint density at radius 3 is 2.26 bits per heavy atom. The molecular weight excluding hydrogens is 420 g/mol. The second-order valence-electron chi connectivity index (χ2n) is 6.99.